The van der Waals surface area contributed by atoms with Crippen molar-refractivity contribution in [2.24, 2.45) is 0 Å². The predicted octanol–water partition coefficient (Wildman–Crippen LogP) is 1.57. The molecule has 0 spiro atoms. The van der Waals surface area contributed by atoms with Gasteiger partial charge in [0, 0.05) is 13.1 Å². The van der Waals surface area contributed by atoms with Gasteiger partial charge in [-0.2, -0.15) is 10.4 Å². The van der Waals surface area contributed by atoms with Gasteiger partial charge in [-0.15, -0.1) is 0 Å². The summed E-state index contributed by atoms with van der Waals surface area (Å²) in [5.74, 6) is 0.452. The highest BCUT2D eigenvalue weighted by atomic mass is 19.1. The highest BCUT2D eigenvalue weighted by Crippen LogP contribution is 2.38. The number of halogens is 1. The van der Waals surface area contributed by atoms with Crippen molar-refractivity contribution in [3.8, 4) is 11.8 Å². The molecule has 2 heterocycles. The molecule has 1 aliphatic heterocycles. The minimum atomic E-state index is -0.429. The molecule has 0 amide bonds. The fraction of sp³-hybridized carbons (Fsp3) is 0.231. The van der Waals surface area contributed by atoms with E-state index in [-0.39, 0.29) is 17.2 Å². The molecule has 1 atom stereocenters. The van der Waals surface area contributed by atoms with Gasteiger partial charge < -0.3 is 15.4 Å². The third-order valence-electron chi connectivity index (χ3n) is 3.28. The molecular weight excluding hydrogens is 261 g/mol. The molecule has 1 aromatic carbocycles. The second kappa shape index (κ2) is 4.42. The number of ether oxygens (including phenoxy) is 1. The molecule has 2 aromatic rings. The standard InChI is InChI=1S/C13H12FN5O/c1-19-6-11(12-8(5-15)13(16)18-17-12)20-10-3-2-7(14)4-9(10)19/h2-4,11H,6H2,1H3,(H3,16,17,18). The SMILES string of the molecule is CN1CC(c2n[nH]c(N)c2C#N)Oc2ccc(F)cc21. The Bertz CT molecular complexity index is 705. The van der Waals surface area contributed by atoms with Crippen molar-refractivity contribution in [3.63, 3.8) is 0 Å². The molecular formula is C13H12FN5O. The van der Waals surface area contributed by atoms with Crippen molar-refractivity contribution < 1.29 is 9.13 Å². The van der Waals surface area contributed by atoms with E-state index in [2.05, 4.69) is 10.2 Å². The van der Waals surface area contributed by atoms with Crippen molar-refractivity contribution in [2.45, 2.75) is 6.10 Å². The number of nitrogen functional groups attached to an aromatic ring is 1. The van der Waals surface area contributed by atoms with Crippen molar-refractivity contribution in [2.75, 3.05) is 24.2 Å². The minimum absolute atomic E-state index is 0.221. The van der Waals surface area contributed by atoms with Gasteiger partial charge in [0.05, 0.1) is 12.2 Å². The lowest BCUT2D eigenvalue weighted by Gasteiger charge is -2.33. The molecule has 1 aliphatic rings. The number of rotatable bonds is 1. The van der Waals surface area contributed by atoms with Crippen LogP contribution in [0.15, 0.2) is 18.2 Å². The number of nitrogens with zero attached hydrogens (tertiary/aromatic N) is 3. The Morgan fingerprint density at radius 2 is 2.40 bits per heavy atom. The maximum atomic E-state index is 13.3. The van der Waals surface area contributed by atoms with E-state index in [9.17, 15) is 4.39 Å². The van der Waals surface area contributed by atoms with Crippen LogP contribution in [0, 0.1) is 17.1 Å². The molecule has 0 bridgehead atoms. The highest BCUT2D eigenvalue weighted by molar-refractivity contribution is 5.61. The summed E-state index contributed by atoms with van der Waals surface area (Å²) in [4.78, 5) is 1.86. The van der Waals surface area contributed by atoms with E-state index in [1.54, 1.807) is 6.07 Å². The number of H-pyrrole nitrogens is 1. The maximum Gasteiger partial charge on any atom is 0.161 e. The molecule has 7 heteroatoms. The van der Waals surface area contributed by atoms with Crippen LogP contribution in [0.1, 0.15) is 17.4 Å². The van der Waals surface area contributed by atoms with Crippen LogP contribution in [0.2, 0.25) is 0 Å². The largest absolute Gasteiger partial charge is 0.480 e. The first-order valence-electron chi connectivity index (χ1n) is 6.01. The van der Waals surface area contributed by atoms with E-state index in [0.717, 1.165) is 0 Å². The lowest BCUT2D eigenvalue weighted by molar-refractivity contribution is 0.194. The third kappa shape index (κ3) is 1.82. The first kappa shape index (κ1) is 12.3. The normalized spacial score (nSPS) is 17.2. The maximum absolute atomic E-state index is 13.3. The minimum Gasteiger partial charge on any atom is -0.480 e. The second-order valence-corrected chi connectivity index (χ2v) is 4.61. The monoisotopic (exact) mass is 273 g/mol. The average Bonchev–Trinajstić information content (AvgIpc) is 2.80. The van der Waals surface area contributed by atoms with Crippen molar-refractivity contribution in [3.05, 3.63) is 35.3 Å². The van der Waals surface area contributed by atoms with Crippen LogP contribution < -0.4 is 15.4 Å². The van der Waals surface area contributed by atoms with Crippen LogP contribution in [0.25, 0.3) is 0 Å². The summed E-state index contributed by atoms with van der Waals surface area (Å²) in [6, 6.07) is 6.32. The van der Waals surface area contributed by atoms with E-state index >= 15 is 0 Å². The number of nitrogens with one attached hydrogen (secondary N) is 1. The number of benzene rings is 1. The average molecular weight is 273 g/mol. The van der Waals surface area contributed by atoms with E-state index in [4.69, 9.17) is 15.7 Å². The van der Waals surface area contributed by atoms with Crippen molar-refractivity contribution in [1.82, 2.24) is 10.2 Å². The number of likely N-dealkylation sites (N-methyl/N-ethyl adjacent to an activating group) is 1. The topological polar surface area (TPSA) is 91.0 Å². The summed E-state index contributed by atoms with van der Waals surface area (Å²) in [7, 11) is 1.83. The molecule has 3 rings (SSSR count). The zero-order chi connectivity index (χ0) is 14.3. The van der Waals surface area contributed by atoms with Gasteiger partial charge in [-0.1, -0.05) is 0 Å². The van der Waals surface area contributed by atoms with Gasteiger partial charge in [-0.25, -0.2) is 4.39 Å². The van der Waals surface area contributed by atoms with Gasteiger partial charge in [0.1, 0.15) is 34.7 Å². The fourth-order valence-corrected chi connectivity index (χ4v) is 2.29. The van der Waals surface area contributed by atoms with Crippen LogP contribution in [-0.2, 0) is 0 Å². The van der Waals surface area contributed by atoms with Crippen molar-refractivity contribution in [1.29, 1.82) is 5.26 Å². The van der Waals surface area contributed by atoms with Crippen LogP contribution in [0.5, 0.6) is 5.75 Å². The van der Waals surface area contributed by atoms with Crippen LogP contribution in [0.3, 0.4) is 0 Å². The molecule has 20 heavy (non-hydrogen) atoms. The molecule has 0 fully saturated rings. The number of hydrogen-bond acceptors (Lipinski definition) is 5. The molecule has 0 aliphatic carbocycles. The molecule has 102 valence electrons. The second-order valence-electron chi connectivity index (χ2n) is 4.61. The summed E-state index contributed by atoms with van der Waals surface area (Å²) in [6.45, 7) is 0.454. The Balaban J connectivity index is 1.99. The molecule has 1 unspecified atom stereocenters. The number of nitrogens with two attached hydrogens (primary N) is 1. The quantitative estimate of drug-likeness (QED) is 0.823. The van der Waals surface area contributed by atoms with Crippen molar-refractivity contribution >= 4 is 11.5 Å². The van der Waals surface area contributed by atoms with E-state index < -0.39 is 6.10 Å². The Morgan fingerprint density at radius 1 is 1.60 bits per heavy atom. The van der Waals surface area contributed by atoms with E-state index in [1.807, 2.05) is 18.0 Å². The van der Waals surface area contributed by atoms with E-state index in [1.165, 1.54) is 12.1 Å². The Morgan fingerprint density at radius 3 is 3.15 bits per heavy atom. The first-order chi connectivity index (χ1) is 9.60. The van der Waals surface area contributed by atoms with Crippen LogP contribution in [0.4, 0.5) is 15.9 Å². The molecule has 0 saturated heterocycles. The zero-order valence-corrected chi connectivity index (χ0v) is 10.7. The summed E-state index contributed by atoms with van der Waals surface area (Å²) in [5.41, 5.74) is 7.07. The van der Waals surface area contributed by atoms with Gasteiger partial charge in [-0.3, -0.25) is 5.10 Å². The Hall–Kier alpha value is -2.75. The molecule has 3 N–H and O–H groups in total. The summed E-state index contributed by atoms with van der Waals surface area (Å²) in [6.07, 6.45) is -0.429. The molecule has 6 nitrogen and oxygen atoms in total. The highest BCUT2D eigenvalue weighted by Gasteiger charge is 2.29. The lowest BCUT2D eigenvalue weighted by atomic mass is 10.1. The van der Waals surface area contributed by atoms with Crippen LogP contribution in [-0.4, -0.2) is 23.8 Å². The number of nitriles is 1. The smallest absolute Gasteiger partial charge is 0.161 e. The van der Waals surface area contributed by atoms with Crippen LogP contribution >= 0.6 is 0 Å². The molecule has 0 saturated carbocycles. The van der Waals surface area contributed by atoms with Gasteiger partial charge in [0.15, 0.2) is 6.10 Å². The third-order valence-corrected chi connectivity index (χ3v) is 3.28. The Kier molecular flexibility index (Phi) is 2.71. The summed E-state index contributed by atoms with van der Waals surface area (Å²) in [5, 5.41) is 15.7. The zero-order valence-electron chi connectivity index (χ0n) is 10.7. The van der Waals surface area contributed by atoms with Gasteiger partial charge in [-0.05, 0) is 12.1 Å². The summed E-state index contributed by atoms with van der Waals surface area (Å²) < 4.78 is 19.1. The Labute approximate surface area is 114 Å². The first-order valence-corrected chi connectivity index (χ1v) is 6.01. The van der Waals surface area contributed by atoms with Gasteiger partial charge in [0.25, 0.3) is 0 Å². The fourth-order valence-electron chi connectivity index (χ4n) is 2.29. The van der Waals surface area contributed by atoms with Gasteiger partial charge in [0.2, 0.25) is 0 Å². The number of fused-ring (bicyclic) bond motifs is 1. The number of aromatic nitrogens is 2. The molecule has 0 radical (unpaired) electrons. The van der Waals surface area contributed by atoms with Gasteiger partial charge >= 0.3 is 0 Å². The number of anilines is 2. The predicted molar refractivity (Wildman–Crippen MR) is 70.8 cm³/mol. The number of aromatic amines is 1. The molecule has 1 aromatic heterocycles. The van der Waals surface area contributed by atoms with E-state index in [0.29, 0.717) is 23.7 Å². The lowest BCUT2D eigenvalue weighted by Crippen LogP contribution is -2.32. The summed E-state index contributed by atoms with van der Waals surface area (Å²) >= 11 is 0. The number of hydrogen-bond donors (Lipinski definition) is 2.